The van der Waals surface area contributed by atoms with Crippen LogP contribution in [0.25, 0.3) is 0 Å². The van der Waals surface area contributed by atoms with Gasteiger partial charge in [0.15, 0.2) is 0 Å². The van der Waals surface area contributed by atoms with Crippen LogP contribution in [0.5, 0.6) is 5.75 Å². The van der Waals surface area contributed by atoms with Gasteiger partial charge in [-0.05, 0) is 42.9 Å². The van der Waals surface area contributed by atoms with Gasteiger partial charge in [0.25, 0.3) is 0 Å². The summed E-state index contributed by atoms with van der Waals surface area (Å²) in [5.41, 5.74) is 3.73. The number of para-hydroxylation sites is 1. The molecule has 1 aliphatic carbocycles. The Morgan fingerprint density at radius 1 is 1.00 bits per heavy atom. The minimum atomic E-state index is -0.0816. The van der Waals surface area contributed by atoms with Gasteiger partial charge in [0.1, 0.15) is 5.75 Å². The predicted octanol–water partition coefficient (Wildman–Crippen LogP) is 6.34. The third-order valence-corrected chi connectivity index (χ3v) is 5.31. The Balaban J connectivity index is 1.89. The maximum atomic E-state index is 6.54. The molecule has 0 amide bonds. The van der Waals surface area contributed by atoms with Crippen LogP contribution in [0.15, 0.2) is 48.5 Å². The summed E-state index contributed by atoms with van der Waals surface area (Å²) in [6.45, 7) is 2.03. The molecule has 127 valence electrons. The van der Waals surface area contributed by atoms with Crippen LogP contribution >= 0.6 is 11.6 Å². The van der Waals surface area contributed by atoms with Crippen LogP contribution in [0, 0.1) is 5.92 Å². The molecule has 2 heteroatoms. The zero-order valence-corrected chi connectivity index (χ0v) is 15.4. The van der Waals surface area contributed by atoms with E-state index in [0.717, 1.165) is 23.1 Å². The molecule has 1 aliphatic rings. The normalized spacial score (nSPS) is 17.0. The highest BCUT2D eigenvalue weighted by molar-refractivity contribution is 6.22. The van der Waals surface area contributed by atoms with E-state index in [-0.39, 0.29) is 5.38 Å². The molecule has 1 radical (unpaired) electrons. The molecular formula is C22H26ClO. The molecule has 0 saturated heterocycles. The summed E-state index contributed by atoms with van der Waals surface area (Å²) in [7, 11) is 1.71. The van der Waals surface area contributed by atoms with Gasteiger partial charge in [0, 0.05) is 10.9 Å². The SMILES string of the molecule is COc1ccccc1[C](c1ccc(C2CCCCC2)cc1)C(C)Cl. The summed E-state index contributed by atoms with van der Waals surface area (Å²) in [6.07, 6.45) is 6.78. The monoisotopic (exact) mass is 341 g/mol. The van der Waals surface area contributed by atoms with Gasteiger partial charge in [0.2, 0.25) is 0 Å². The van der Waals surface area contributed by atoms with E-state index in [1.165, 1.54) is 43.2 Å². The highest BCUT2D eigenvalue weighted by Crippen LogP contribution is 2.37. The van der Waals surface area contributed by atoms with Crippen molar-refractivity contribution in [3.8, 4) is 5.75 Å². The average Bonchev–Trinajstić information content (AvgIpc) is 2.63. The third-order valence-electron chi connectivity index (χ3n) is 5.09. The zero-order chi connectivity index (χ0) is 16.9. The van der Waals surface area contributed by atoms with Crippen LogP contribution in [-0.4, -0.2) is 12.5 Å². The first-order chi connectivity index (χ1) is 11.7. The molecule has 24 heavy (non-hydrogen) atoms. The van der Waals surface area contributed by atoms with Crippen LogP contribution in [0.1, 0.15) is 61.6 Å². The molecular weight excluding hydrogens is 316 g/mol. The summed E-state index contributed by atoms with van der Waals surface area (Å²) >= 11 is 6.54. The van der Waals surface area contributed by atoms with Gasteiger partial charge in [-0.15, -0.1) is 11.6 Å². The Labute approximate surface area is 151 Å². The Bertz CT molecular complexity index is 641. The fourth-order valence-electron chi connectivity index (χ4n) is 3.84. The highest BCUT2D eigenvalue weighted by Gasteiger charge is 2.24. The standard InChI is InChI=1S/C22H26ClO/c1-16(23)22(20-10-6-7-11-21(20)24-2)19-14-12-18(13-15-19)17-8-4-3-5-9-17/h6-7,10-17H,3-5,8-9H2,1-2H3. The lowest BCUT2D eigenvalue weighted by Crippen LogP contribution is -2.14. The molecule has 1 atom stereocenters. The van der Waals surface area contributed by atoms with E-state index in [0.29, 0.717) is 0 Å². The van der Waals surface area contributed by atoms with E-state index in [1.54, 1.807) is 7.11 Å². The number of hydrogen-bond acceptors (Lipinski definition) is 1. The fourth-order valence-corrected chi connectivity index (χ4v) is 4.08. The fraction of sp³-hybridized carbons (Fsp3) is 0.409. The lowest BCUT2D eigenvalue weighted by molar-refractivity contribution is 0.411. The molecule has 1 nitrogen and oxygen atoms in total. The molecule has 1 saturated carbocycles. The number of methoxy groups -OCH3 is 1. The molecule has 1 unspecified atom stereocenters. The summed E-state index contributed by atoms with van der Waals surface area (Å²) < 4.78 is 5.54. The first-order valence-electron chi connectivity index (χ1n) is 8.95. The van der Waals surface area contributed by atoms with Gasteiger partial charge in [-0.3, -0.25) is 0 Å². The van der Waals surface area contributed by atoms with Crippen molar-refractivity contribution in [1.82, 2.24) is 0 Å². The number of ether oxygens (including phenoxy) is 1. The van der Waals surface area contributed by atoms with Crippen LogP contribution < -0.4 is 4.74 Å². The van der Waals surface area contributed by atoms with Crippen molar-refractivity contribution >= 4 is 11.6 Å². The van der Waals surface area contributed by atoms with Crippen LogP contribution in [0.3, 0.4) is 0 Å². The Hall–Kier alpha value is -1.47. The molecule has 0 aromatic heterocycles. The smallest absolute Gasteiger partial charge is 0.123 e. The third kappa shape index (κ3) is 3.78. The minimum Gasteiger partial charge on any atom is -0.496 e. The van der Waals surface area contributed by atoms with Gasteiger partial charge in [-0.25, -0.2) is 0 Å². The maximum absolute atomic E-state index is 6.54. The largest absolute Gasteiger partial charge is 0.496 e. The summed E-state index contributed by atoms with van der Waals surface area (Å²) in [5, 5.41) is -0.0816. The van der Waals surface area contributed by atoms with Gasteiger partial charge in [-0.2, -0.15) is 0 Å². The van der Waals surface area contributed by atoms with Crippen molar-refractivity contribution in [2.45, 2.75) is 50.3 Å². The summed E-state index contributed by atoms with van der Waals surface area (Å²) in [4.78, 5) is 0. The minimum absolute atomic E-state index is 0.0816. The second-order valence-electron chi connectivity index (χ2n) is 6.69. The predicted molar refractivity (Wildman–Crippen MR) is 102 cm³/mol. The number of halogens is 1. The van der Waals surface area contributed by atoms with E-state index in [1.807, 2.05) is 25.1 Å². The van der Waals surface area contributed by atoms with Crippen LogP contribution in [-0.2, 0) is 0 Å². The zero-order valence-electron chi connectivity index (χ0n) is 14.6. The molecule has 3 rings (SSSR count). The van der Waals surface area contributed by atoms with Crippen molar-refractivity contribution in [2.75, 3.05) is 7.11 Å². The molecule has 0 bridgehead atoms. The van der Waals surface area contributed by atoms with Crippen molar-refractivity contribution in [2.24, 2.45) is 0 Å². The second kappa shape index (κ2) is 8.07. The highest BCUT2D eigenvalue weighted by atomic mass is 35.5. The van der Waals surface area contributed by atoms with Gasteiger partial charge in [-0.1, -0.05) is 61.7 Å². The van der Waals surface area contributed by atoms with Crippen LogP contribution in [0.4, 0.5) is 0 Å². The molecule has 0 spiro atoms. The molecule has 0 aliphatic heterocycles. The molecule has 2 aromatic carbocycles. The topological polar surface area (TPSA) is 9.23 Å². The first-order valence-corrected chi connectivity index (χ1v) is 9.39. The number of hydrogen-bond donors (Lipinski definition) is 0. The number of alkyl halides is 1. The van der Waals surface area contributed by atoms with Crippen LogP contribution in [0.2, 0.25) is 0 Å². The van der Waals surface area contributed by atoms with E-state index < -0.39 is 0 Å². The number of benzene rings is 2. The van der Waals surface area contributed by atoms with Crippen molar-refractivity contribution < 1.29 is 4.74 Å². The lowest BCUT2D eigenvalue weighted by atomic mass is 9.82. The van der Waals surface area contributed by atoms with E-state index in [9.17, 15) is 0 Å². The van der Waals surface area contributed by atoms with E-state index >= 15 is 0 Å². The van der Waals surface area contributed by atoms with Gasteiger partial charge in [0.05, 0.1) is 13.0 Å². The van der Waals surface area contributed by atoms with Crippen molar-refractivity contribution in [3.63, 3.8) is 0 Å². The van der Waals surface area contributed by atoms with Crippen molar-refractivity contribution in [1.29, 1.82) is 0 Å². The molecule has 0 N–H and O–H groups in total. The van der Waals surface area contributed by atoms with E-state index in [4.69, 9.17) is 16.3 Å². The summed E-state index contributed by atoms with van der Waals surface area (Å²) in [5.74, 6) is 2.73. The molecule has 2 aromatic rings. The van der Waals surface area contributed by atoms with Gasteiger partial charge >= 0.3 is 0 Å². The Morgan fingerprint density at radius 2 is 1.67 bits per heavy atom. The Morgan fingerprint density at radius 3 is 2.29 bits per heavy atom. The number of rotatable bonds is 5. The molecule has 0 heterocycles. The van der Waals surface area contributed by atoms with Gasteiger partial charge < -0.3 is 4.74 Å². The van der Waals surface area contributed by atoms with E-state index in [2.05, 4.69) is 30.3 Å². The average molecular weight is 342 g/mol. The Kier molecular flexibility index (Phi) is 5.84. The first kappa shape index (κ1) is 17.4. The summed E-state index contributed by atoms with van der Waals surface area (Å²) in [6, 6.07) is 17.1. The quantitative estimate of drug-likeness (QED) is 0.576. The lowest BCUT2D eigenvalue weighted by Gasteiger charge is -2.24. The molecule has 1 fully saturated rings. The maximum Gasteiger partial charge on any atom is 0.123 e. The van der Waals surface area contributed by atoms with Crippen molar-refractivity contribution in [3.05, 3.63) is 71.1 Å². The second-order valence-corrected chi connectivity index (χ2v) is 7.34.